The minimum atomic E-state index is -4.69. The third-order valence-electron chi connectivity index (χ3n) is 1.98. The number of carbonyl (C=O) groups excluding carboxylic acids is 1. The molecule has 0 radical (unpaired) electrons. The largest absolute Gasteiger partial charge is 0.480 e. The number of nitrogens with zero attached hydrogens (tertiary/aromatic N) is 3. The van der Waals surface area contributed by atoms with Crippen LogP contribution < -0.4 is 0 Å². The molecular formula is C10H10F3N3O3. The Morgan fingerprint density at radius 1 is 1.32 bits per heavy atom. The first-order chi connectivity index (χ1) is 8.69. The molecule has 1 aromatic rings. The lowest BCUT2D eigenvalue weighted by atomic mass is 10.3. The van der Waals surface area contributed by atoms with Crippen LogP contribution in [-0.2, 0) is 4.79 Å². The lowest BCUT2D eigenvalue weighted by molar-refractivity contribution is -0.149. The van der Waals surface area contributed by atoms with E-state index in [-0.39, 0.29) is 10.6 Å². The van der Waals surface area contributed by atoms with E-state index in [1.54, 1.807) is 6.92 Å². The fourth-order valence-corrected chi connectivity index (χ4v) is 1.24. The summed E-state index contributed by atoms with van der Waals surface area (Å²) in [4.78, 5) is 29.7. The second-order valence-electron chi connectivity index (χ2n) is 3.71. The van der Waals surface area contributed by atoms with Gasteiger partial charge in [0.15, 0.2) is 0 Å². The van der Waals surface area contributed by atoms with E-state index in [4.69, 9.17) is 5.11 Å². The second kappa shape index (κ2) is 5.63. The van der Waals surface area contributed by atoms with Gasteiger partial charge in [-0.2, -0.15) is 13.2 Å². The molecule has 0 aromatic carbocycles. The van der Waals surface area contributed by atoms with Crippen molar-refractivity contribution in [2.75, 3.05) is 13.1 Å². The molecule has 6 nitrogen and oxygen atoms in total. The molecule has 0 bridgehead atoms. The predicted molar refractivity (Wildman–Crippen MR) is 56.4 cm³/mol. The maximum absolute atomic E-state index is 12.3. The van der Waals surface area contributed by atoms with Gasteiger partial charge in [-0.3, -0.25) is 14.6 Å². The zero-order valence-corrected chi connectivity index (χ0v) is 9.81. The van der Waals surface area contributed by atoms with E-state index in [9.17, 15) is 22.8 Å². The molecule has 0 aliphatic heterocycles. The molecule has 1 amide bonds. The van der Waals surface area contributed by atoms with Gasteiger partial charge in [0.1, 0.15) is 18.8 Å². The van der Waals surface area contributed by atoms with Crippen LogP contribution >= 0.6 is 0 Å². The number of aryl methyl sites for hydroxylation is 1. The highest BCUT2D eigenvalue weighted by Crippen LogP contribution is 2.17. The number of aliphatic carboxylic acids is 1. The smallest absolute Gasteiger partial charge is 0.406 e. The van der Waals surface area contributed by atoms with Crippen LogP contribution in [0.2, 0.25) is 0 Å². The van der Waals surface area contributed by atoms with Gasteiger partial charge < -0.3 is 10.0 Å². The molecule has 1 N–H and O–H groups in total. The van der Waals surface area contributed by atoms with Crippen LogP contribution in [0.3, 0.4) is 0 Å². The van der Waals surface area contributed by atoms with Crippen molar-refractivity contribution in [2.24, 2.45) is 0 Å². The maximum atomic E-state index is 12.3. The van der Waals surface area contributed by atoms with E-state index in [1.807, 2.05) is 0 Å². The van der Waals surface area contributed by atoms with Gasteiger partial charge in [0.2, 0.25) is 0 Å². The summed E-state index contributed by atoms with van der Waals surface area (Å²) in [6, 6.07) is 0. The summed E-state index contributed by atoms with van der Waals surface area (Å²) >= 11 is 0. The molecule has 0 aliphatic carbocycles. The van der Waals surface area contributed by atoms with Crippen molar-refractivity contribution < 1.29 is 27.9 Å². The lowest BCUT2D eigenvalue weighted by Crippen LogP contribution is -2.42. The predicted octanol–water partition coefficient (Wildman–Crippen LogP) is 0.874. The van der Waals surface area contributed by atoms with Crippen molar-refractivity contribution in [3.8, 4) is 0 Å². The van der Waals surface area contributed by atoms with Crippen molar-refractivity contribution in [3.05, 3.63) is 23.8 Å². The number of carbonyl (C=O) groups is 2. The lowest BCUT2D eigenvalue weighted by Gasteiger charge is -2.21. The highest BCUT2D eigenvalue weighted by Gasteiger charge is 2.34. The molecule has 0 unspecified atom stereocenters. The number of hydrogen-bond donors (Lipinski definition) is 1. The molecule has 1 rings (SSSR count). The third kappa shape index (κ3) is 4.90. The van der Waals surface area contributed by atoms with Gasteiger partial charge >= 0.3 is 12.1 Å². The Hall–Kier alpha value is -2.19. The number of hydrogen-bond acceptors (Lipinski definition) is 4. The first kappa shape index (κ1) is 14.9. The summed E-state index contributed by atoms with van der Waals surface area (Å²) in [6.07, 6.45) is -2.48. The van der Waals surface area contributed by atoms with Crippen molar-refractivity contribution in [3.63, 3.8) is 0 Å². The molecule has 0 fully saturated rings. The van der Waals surface area contributed by atoms with E-state index in [0.29, 0.717) is 5.69 Å². The van der Waals surface area contributed by atoms with E-state index in [0.717, 1.165) is 6.20 Å². The Bertz CT molecular complexity index is 473. The second-order valence-corrected chi connectivity index (χ2v) is 3.71. The molecule has 0 aliphatic rings. The van der Waals surface area contributed by atoms with Crippen molar-refractivity contribution in [1.82, 2.24) is 14.9 Å². The fraction of sp³-hybridized carbons (Fsp3) is 0.400. The number of aromatic nitrogens is 2. The van der Waals surface area contributed by atoms with Gasteiger partial charge in [-0.25, -0.2) is 4.98 Å². The van der Waals surface area contributed by atoms with Gasteiger partial charge in [-0.1, -0.05) is 0 Å². The minimum absolute atomic E-state index is 0.154. The van der Waals surface area contributed by atoms with Crippen molar-refractivity contribution >= 4 is 11.9 Å². The van der Waals surface area contributed by atoms with Crippen LogP contribution in [0.15, 0.2) is 12.4 Å². The standard InChI is InChI=1S/C10H10F3N3O3/c1-6-2-15-7(3-14-6)9(19)16(4-8(17)18)5-10(11,12)13/h2-3H,4-5H2,1H3,(H,17,18). The van der Waals surface area contributed by atoms with Crippen molar-refractivity contribution in [2.45, 2.75) is 13.1 Å². The number of halogens is 3. The zero-order valence-electron chi connectivity index (χ0n) is 9.81. The molecular weight excluding hydrogens is 267 g/mol. The Kier molecular flexibility index (Phi) is 4.41. The van der Waals surface area contributed by atoms with Gasteiger partial charge in [-0.15, -0.1) is 0 Å². The number of amides is 1. The Morgan fingerprint density at radius 2 is 1.95 bits per heavy atom. The zero-order chi connectivity index (χ0) is 14.6. The van der Waals surface area contributed by atoms with Gasteiger partial charge in [0.25, 0.3) is 5.91 Å². The molecule has 1 heterocycles. The van der Waals surface area contributed by atoms with Gasteiger partial charge in [0, 0.05) is 6.20 Å². The monoisotopic (exact) mass is 277 g/mol. The molecule has 1 aromatic heterocycles. The summed E-state index contributed by atoms with van der Waals surface area (Å²) in [5, 5.41) is 8.52. The number of carboxylic acids is 1. The van der Waals surface area contributed by atoms with Crippen LogP contribution in [0.25, 0.3) is 0 Å². The molecule has 9 heteroatoms. The van der Waals surface area contributed by atoms with E-state index >= 15 is 0 Å². The summed E-state index contributed by atoms with van der Waals surface area (Å²) in [5.74, 6) is -2.68. The van der Waals surface area contributed by atoms with Crippen molar-refractivity contribution in [1.29, 1.82) is 0 Å². The number of alkyl halides is 3. The Morgan fingerprint density at radius 3 is 2.37 bits per heavy atom. The Labute approximate surface area is 105 Å². The van der Waals surface area contributed by atoms with Gasteiger partial charge in [-0.05, 0) is 6.92 Å². The maximum Gasteiger partial charge on any atom is 0.406 e. The van der Waals surface area contributed by atoms with Crippen LogP contribution in [0.1, 0.15) is 16.2 Å². The fourth-order valence-electron chi connectivity index (χ4n) is 1.24. The van der Waals surface area contributed by atoms with Crippen LogP contribution in [0.4, 0.5) is 13.2 Å². The minimum Gasteiger partial charge on any atom is -0.480 e. The average Bonchev–Trinajstić information content (AvgIpc) is 2.25. The first-order valence-corrected chi connectivity index (χ1v) is 5.05. The molecule has 0 saturated heterocycles. The van der Waals surface area contributed by atoms with E-state index in [1.165, 1.54) is 6.20 Å². The molecule has 0 spiro atoms. The van der Waals surface area contributed by atoms with Crippen LogP contribution in [0.5, 0.6) is 0 Å². The van der Waals surface area contributed by atoms with Crippen LogP contribution in [0, 0.1) is 6.92 Å². The van der Waals surface area contributed by atoms with Gasteiger partial charge in [0.05, 0.1) is 11.9 Å². The first-order valence-electron chi connectivity index (χ1n) is 5.05. The summed E-state index contributed by atoms with van der Waals surface area (Å²) in [6.45, 7) is -1.13. The van der Waals surface area contributed by atoms with Crippen LogP contribution in [-0.4, -0.2) is 51.1 Å². The summed E-state index contributed by atoms with van der Waals surface area (Å²) < 4.78 is 36.8. The number of rotatable bonds is 4. The summed E-state index contributed by atoms with van der Waals surface area (Å²) in [7, 11) is 0. The molecule has 104 valence electrons. The normalized spacial score (nSPS) is 11.2. The number of carboxylic acid groups (broad SMARTS) is 1. The topological polar surface area (TPSA) is 83.4 Å². The molecule has 0 atom stereocenters. The molecule has 0 saturated carbocycles. The third-order valence-corrected chi connectivity index (χ3v) is 1.98. The van der Waals surface area contributed by atoms with E-state index in [2.05, 4.69) is 9.97 Å². The Balaban J connectivity index is 2.93. The SMILES string of the molecule is Cc1cnc(C(=O)N(CC(=O)O)CC(F)(F)F)cn1. The van der Waals surface area contributed by atoms with E-state index < -0.39 is 31.1 Å². The quantitative estimate of drug-likeness (QED) is 0.883. The summed E-state index contributed by atoms with van der Waals surface area (Å²) in [5.41, 5.74) is 0.147. The highest BCUT2D eigenvalue weighted by atomic mass is 19.4. The molecule has 19 heavy (non-hydrogen) atoms. The highest BCUT2D eigenvalue weighted by molar-refractivity contribution is 5.93. The average molecular weight is 277 g/mol.